The van der Waals surface area contributed by atoms with Crippen LogP contribution in [0.15, 0.2) is 47.4 Å². The topological polar surface area (TPSA) is 45.0 Å². The lowest BCUT2D eigenvalue weighted by Gasteiger charge is -2.20. The highest BCUT2D eigenvalue weighted by Crippen LogP contribution is 2.37. The van der Waals surface area contributed by atoms with Gasteiger partial charge in [0.05, 0.1) is 23.8 Å². The number of halogens is 3. The van der Waals surface area contributed by atoms with Crippen molar-refractivity contribution in [3.8, 4) is 6.07 Å². The Labute approximate surface area is 155 Å². The van der Waals surface area contributed by atoms with Gasteiger partial charge in [0.25, 0.3) is 0 Å². The first-order valence-corrected chi connectivity index (χ1v) is 8.93. The summed E-state index contributed by atoms with van der Waals surface area (Å²) in [6.07, 6.45) is -4.53. The Bertz CT molecular complexity index is 770. The van der Waals surface area contributed by atoms with Crippen molar-refractivity contribution in [1.29, 1.82) is 5.26 Å². The fraction of sp³-hybridized carbons (Fsp3) is 0.316. The minimum absolute atomic E-state index is 0.0204. The van der Waals surface area contributed by atoms with E-state index >= 15 is 0 Å². The minimum atomic E-state index is -4.53. The predicted molar refractivity (Wildman–Crippen MR) is 97.2 cm³/mol. The molecular weight excluding hydrogens is 361 g/mol. The van der Waals surface area contributed by atoms with Crippen molar-refractivity contribution in [2.45, 2.75) is 24.0 Å². The van der Waals surface area contributed by atoms with Gasteiger partial charge in [0.2, 0.25) is 0 Å². The summed E-state index contributed by atoms with van der Waals surface area (Å²) >= 11 is 1.65. The molecule has 2 aromatic rings. The number of anilines is 1. The highest BCUT2D eigenvalue weighted by molar-refractivity contribution is 7.99. The number of hydrogen-bond donors (Lipinski definition) is 1. The molecule has 0 amide bonds. The molecule has 0 heterocycles. The van der Waals surface area contributed by atoms with Crippen LogP contribution < -0.4 is 5.32 Å². The number of rotatable bonds is 7. The number of benzene rings is 2. The number of nitrogens with zero attached hydrogens (tertiary/aromatic N) is 1. The summed E-state index contributed by atoms with van der Waals surface area (Å²) in [6, 6.07) is 12.6. The van der Waals surface area contributed by atoms with E-state index in [9.17, 15) is 13.2 Å². The van der Waals surface area contributed by atoms with E-state index in [2.05, 4.69) is 5.32 Å². The van der Waals surface area contributed by atoms with Crippen LogP contribution in [0.4, 0.5) is 18.9 Å². The van der Waals surface area contributed by atoms with Crippen LogP contribution in [-0.4, -0.2) is 19.5 Å². The van der Waals surface area contributed by atoms with Crippen LogP contribution in [0.5, 0.6) is 0 Å². The maximum atomic E-state index is 13.3. The molecular formula is C19H19F3N2OS. The molecule has 0 aliphatic carbocycles. The number of nitrogens with one attached hydrogen (secondary N) is 1. The van der Waals surface area contributed by atoms with Gasteiger partial charge >= 0.3 is 6.18 Å². The summed E-state index contributed by atoms with van der Waals surface area (Å²) in [6.45, 7) is 2.45. The van der Waals surface area contributed by atoms with E-state index in [1.165, 1.54) is 12.1 Å². The van der Waals surface area contributed by atoms with Crippen molar-refractivity contribution in [1.82, 2.24) is 0 Å². The molecule has 26 heavy (non-hydrogen) atoms. The van der Waals surface area contributed by atoms with E-state index in [1.807, 2.05) is 24.3 Å². The average molecular weight is 380 g/mol. The Hall–Kier alpha value is -2.17. The van der Waals surface area contributed by atoms with Crippen LogP contribution in [0.1, 0.15) is 29.7 Å². The second kappa shape index (κ2) is 8.97. The summed E-state index contributed by atoms with van der Waals surface area (Å²) in [4.78, 5) is 1.08. The third kappa shape index (κ3) is 5.41. The van der Waals surface area contributed by atoms with Gasteiger partial charge in [-0.2, -0.15) is 18.4 Å². The first-order chi connectivity index (χ1) is 12.3. The second-order valence-electron chi connectivity index (χ2n) is 5.65. The Balaban J connectivity index is 2.14. The molecule has 1 N–H and O–H groups in total. The summed E-state index contributed by atoms with van der Waals surface area (Å²) < 4.78 is 44.8. The summed E-state index contributed by atoms with van der Waals surface area (Å²) in [5.74, 6) is 0.837. The molecule has 0 aromatic heterocycles. The van der Waals surface area contributed by atoms with Crippen molar-refractivity contribution in [2.75, 3.05) is 24.8 Å². The van der Waals surface area contributed by atoms with Gasteiger partial charge in [0.15, 0.2) is 0 Å². The minimum Gasteiger partial charge on any atom is -0.384 e. The molecule has 1 unspecified atom stereocenters. The lowest BCUT2D eigenvalue weighted by Crippen LogP contribution is -2.14. The first kappa shape index (κ1) is 20.1. The van der Waals surface area contributed by atoms with Crippen LogP contribution in [0.2, 0.25) is 0 Å². The molecule has 0 bridgehead atoms. The first-order valence-electron chi connectivity index (χ1n) is 7.94. The van der Waals surface area contributed by atoms with E-state index in [0.717, 1.165) is 22.3 Å². The van der Waals surface area contributed by atoms with Gasteiger partial charge in [-0.3, -0.25) is 0 Å². The molecule has 0 aliphatic rings. The van der Waals surface area contributed by atoms with E-state index in [0.29, 0.717) is 6.61 Å². The van der Waals surface area contributed by atoms with Crippen molar-refractivity contribution in [2.24, 2.45) is 0 Å². The summed E-state index contributed by atoms with van der Waals surface area (Å²) in [5, 5.41) is 11.7. The van der Waals surface area contributed by atoms with Gasteiger partial charge in [0.1, 0.15) is 0 Å². The normalized spacial score (nSPS) is 12.5. The number of ether oxygens (including phenoxy) is 1. The maximum Gasteiger partial charge on any atom is 0.418 e. The third-order valence-corrected chi connectivity index (χ3v) is 4.74. The monoisotopic (exact) mass is 380 g/mol. The van der Waals surface area contributed by atoms with E-state index in [1.54, 1.807) is 31.9 Å². The number of methoxy groups -OCH3 is 1. The molecule has 138 valence electrons. The van der Waals surface area contributed by atoms with Gasteiger partial charge < -0.3 is 10.1 Å². The molecule has 0 saturated heterocycles. The maximum absolute atomic E-state index is 13.3. The van der Waals surface area contributed by atoms with Crippen LogP contribution in [0.25, 0.3) is 0 Å². The van der Waals surface area contributed by atoms with Gasteiger partial charge in [0, 0.05) is 29.5 Å². The highest BCUT2D eigenvalue weighted by atomic mass is 32.2. The quantitative estimate of drug-likeness (QED) is 0.510. The largest absolute Gasteiger partial charge is 0.418 e. The number of alkyl halides is 3. The predicted octanol–water partition coefficient (Wildman–Crippen LogP) is 5.49. The molecule has 3 nitrogen and oxygen atoms in total. The van der Waals surface area contributed by atoms with Gasteiger partial charge in [-0.15, -0.1) is 11.8 Å². The Morgan fingerprint density at radius 2 is 1.88 bits per heavy atom. The Morgan fingerprint density at radius 3 is 2.46 bits per heavy atom. The fourth-order valence-corrected chi connectivity index (χ4v) is 3.20. The molecule has 0 fully saturated rings. The fourth-order valence-electron chi connectivity index (χ4n) is 2.39. The number of thioether (sulfide) groups is 1. The molecule has 2 aromatic carbocycles. The van der Waals surface area contributed by atoms with E-state index in [-0.39, 0.29) is 17.3 Å². The Morgan fingerprint density at radius 1 is 1.19 bits per heavy atom. The van der Waals surface area contributed by atoms with Crippen LogP contribution in [-0.2, 0) is 10.9 Å². The molecule has 0 aliphatic heterocycles. The lowest BCUT2D eigenvalue weighted by atomic mass is 10.1. The standard InChI is InChI=1S/C19H19F3N2OS/c1-13(15-4-6-16(7-5-15)26-10-9-25-2)24-18-8-3-14(12-23)11-17(18)19(20,21)22/h3-8,11,13,24H,9-10H2,1-2H3. The Kier molecular flexibility index (Phi) is 6.95. The lowest BCUT2D eigenvalue weighted by molar-refractivity contribution is -0.137. The molecule has 1 atom stereocenters. The molecule has 0 radical (unpaired) electrons. The van der Waals surface area contributed by atoms with Crippen molar-refractivity contribution < 1.29 is 17.9 Å². The smallest absolute Gasteiger partial charge is 0.384 e. The molecule has 7 heteroatoms. The number of nitriles is 1. The summed E-state index contributed by atoms with van der Waals surface area (Å²) in [7, 11) is 1.65. The van der Waals surface area contributed by atoms with Crippen molar-refractivity contribution in [3.63, 3.8) is 0 Å². The SMILES string of the molecule is COCCSc1ccc(C(C)Nc2ccc(C#N)cc2C(F)(F)F)cc1. The highest BCUT2D eigenvalue weighted by Gasteiger charge is 2.34. The molecule has 2 rings (SSSR count). The average Bonchev–Trinajstić information content (AvgIpc) is 2.62. The zero-order valence-electron chi connectivity index (χ0n) is 14.4. The van der Waals surface area contributed by atoms with Gasteiger partial charge in [-0.25, -0.2) is 0 Å². The van der Waals surface area contributed by atoms with Crippen LogP contribution in [0.3, 0.4) is 0 Å². The zero-order valence-corrected chi connectivity index (χ0v) is 15.2. The zero-order chi connectivity index (χ0) is 19.2. The van der Waals surface area contributed by atoms with Crippen LogP contribution in [0, 0.1) is 11.3 Å². The summed E-state index contributed by atoms with van der Waals surface area (Å²) in [5.41, 5.74) is -0.0239. The van der Waals surface area contributed by atoms with Crippen molar-refractivity contribution >= 4 is 17.4 Å². The van der Waals surface area contributed by atoms with E-state index in [4.69, 9.17) is 10.00 Å². The van der Waals surface area contributed by atoms with E-state index < -0.39 is 11.7 Å². The van der Waals surface area contributed by atoms with Gasteiger partial charge in [-0.1, -0.05) is 12.1 Å². The molecule has 0 spiro atoms. The van der Waals surface area contributed by atoms with Gasteiger partial charge in [-0.05, 0) is 42.8 Å². The van der Waals surface area contributed by atoms with Crippen LogP contribution >= 0.6 is 11.8 Å². The van der Waals surface area contributed by atoms with Crippen molar-refractivity contribution in [3.05, 3.63) is 59.2 Å². The second-order valence-corrected chi connectivity index (χ2v) is 6.81. The third-order valence-electron chi connectivity index (χ3n) is 3.76. The molecule has 0 saturated carbocycles. The number of hydrogen-bond acceptors (Lipinski definition) is 4.